The molecule has 0 spiro atoms. The zero-order valence-corrected chi connectivity index (χ0v) is 56.4. The van der Waals surface area contributed by atoms with E-state index in [1.807, 2.05) is 0 Å². The van der Waals surface area contributed by atoms with Crippen LogP contribution in [0.2, 0.25) is 0 Å². The highest BCUT2D eigenvalue weighted by Gasteiger charge is 2.46. The fraction of sp³-hybridized carbons (Fsp3) is 0.152. The van der Waals surface area contributed by atoms with E-state index in [1.165, 1.54) is 122 Å². The highest BCUT2D eigenvalue weighted by atomic mass is 15.2. The van der Waals surface area contributed by atoms with Crippen LogP contribution in [0.4, 0.5) is 34.1 Å². The molecule has 17 rings (SSSR count). The number of nitrogens with zero attached hydrogens (tertiary/aromatic N) is 3. The normalized spacial score (nSPS) is 13.5. The molecule has 0 radical (unpaired) electrons. The Morgan fingerprint density at radius 1 is 0.323 bits per heavy atom. The van der Waals surface area contributed by atoms with Gasteiger partial charge < -0.3 is 14.4 Å². The first-order valence-corrected chi connectivity index (χ1v) is 34.3. The van der Waals surface area contributed by atoms with Crippen LogP contribution in [0, 0.1) is 0 Å². The Balaban J connectivity index is 1.03. The average Bonchev–Trinajstić information content (AvgIpc) is 0.751. The number of anilines is 6. The van der Waals surface area contributed by atoms with Crippen LogP contribution in [-0.2, 0) is 22.7 Å². The summed E-state index contributed by atoms with van der Waals surface area (Å²) in [6, 6.07) is 111. The number of para-hydroxylation sites is 2. The molecule has 2 aliphatic heterocycles. The van der Waals surface area contributed by atoms with E-state index in [-0.39, 0.29) is 28.9 Å². The molecule has 3 aliphatic rings. The lowest BCUT2D eigenvalue weighted by Gasteiger charge is -2.46. The maximum absolute atomic E-state index is 2.73. The molecule has 0 saturated carbocycles. The molecular weight excluding hydrogens is 1160 g/mol. The molecule has 0 amide bonds. The van der Waals surface area contributed by atoms with Gasteiger partial charge >= 0.3 is 0 Å². The molecule has 464 valence electrons. The molecule has 13 aromatic carbocycles. The Labute approximate surface area is 566 Å². The van der Waals surface area contributed by atoms with E-state index in [9.17, 15) is 0 Å². The second-order valence-electron chi connectivity index (χ2n) is 30.0. The van der Waals surface area contributed by atoms with Crippen molar-refractivity contribution in [3.8, 4) is 50.2 Å². The first kappa shape index (κ1) is 59.1. The van der Waals surface area contributed by atoms with Crippen molar-refractivity contribution in [1.82, 2.24) is 4.57 Å². The zero-order valence-electron chi connectivity index (χ0n) is 56.4. The average molecular weight is 1240 g/mol. The van der Waals surface area contributed by atoms with E-state index in [0.717, 1.165) is 51.4 Å². The minimum atomic E-state index is -0.290. The molecule has 4 heteroatoms. The number of hydrogen-bond donors (Lipinski definition) is 0. The molecule has 3 heterocycles. The lowest BCUT2D eigenvalue weighted by atomic mass is 9.33. The van der Waals surface area contributed by atoms with E-state index < -0.39 is 0 Å². The van der Waals surface area contributed by atoms with Gasteiger partial charge in [-0.25, -0.2) is 0 Å². The molecule has 14 aromatic rings. The molecule has 1 aromatic heterocycles. The van der Waals surface area contributed by atoms with Gasteiger partial charge in [0.25, 0.3) is 6.71 Å². The maximum Gasteiger partial charge on any atom is 0.252 e. The van der Waals surface area contributed by atoms with Crippen LogP contribution in [0.1, 0.15) is 113 Å². The number of aromatic nitrogens is 1. The summed E-state index contributed by atoms with van der Waals surface area (Å²) in [7, 11) is 0. The van der Waals surface area contributed by atoms with Gasteiger partial charge in [-0.1, -0.05) is 299 Å². The Kier molecular flexibility index (Phi) is 13.8. The van der Waals surface area contributed by atoms with Crippen molar-refractivity contribution in [2.45, 2.75) is 90.9 Å². The zero-order chi connectivity index (χ0) is 65.4. The standard InChI is InChI=1S/C92H78BN3/c1-90(2,3)66-45-50-80-76(54-66)77-55-67(91(4,5)6)46-51-81(77)94(80)69-47-49-79-83(58-69)96(89-74(61-32-18-12-19-33-61)42-27-43-75(89)62-34-20-13-21-35-62)85-57-68(92(7,8)9)56-84-87(85)93(79)78-48-44-65(86-70-38-24-22-36-63(70)52-64-37-23-25-39-71(64)86)53-82(78)95(84)88-72(59-28-14-10-15-29-59)40-26-41-73(88)60-30-16-11-17-31-60/h10-51,53-58,86H,52H2,1-9H3. The van der Waals surface area contributed by atoms with Gasteiger partial charge in [0.15, 0.2) is 0 Å². The van der Waals surface area contributed by atoms with Gasteiger partial charge in [-0.2, -0.15) is 0 Å². The molecule has 3 nitrogen and oxygen atoms in total. The van der Waals surface area contributed by atoms with Crippen molar-refractivity contribution in [2.24, 2.45) is 0 Å². The maximum atomic E-state index is 2.73. The van der Waals surface area contributed by atoms with Gasteiger partial charge in [0, 0.05) is 67.4 Å². The Hall–Kier alpha value is -10.7. The predicted octanol–water partition coefficient (Wildman–Crippen LogP) is 22.5. The summed E-state index contributed by atoms with van der Waals surface area (Å²) < 4.78 is 2.56. The third-order valence-corrected chi connectivity index (χ3v) is 21.0. The quantitative estimate of drug-likeness (QED) is 0.141. The van der Waals surface area contributed by atoms with Gasteiger partial charge in [0.05, 0.1) is 22.4 Å². The molecular formula is C92H78BN3. The second-order valence-corrected chi connectivity index (χ2v) is 30.0. The molecule has 0 saturated heterocycles. The number of fused-ring (bicyclic) bond motifs is 9. The highest BCUT2D eigenvalue weighted by Crippen LogP contribution is 2.55. The SMILES string of the molecule is CC(C)(C)c1cc2c3c(c1)N(c1c(-c4ccccc4)cccc1-c1ccccc1)c1cc(-n4c5ccc(C(C)(C)C)cc5c5cc(C(C)(C)C)ccc54)ccc1B3c1ccc(C3c4ccccc4Cc4ccccc43)cc1N2c1c(-c2ccccc2)cccc1-c1ccccc1. The first-order valence-electron chi connectivity index (χ1n) is 34.3. The lowest BCUT2D eigenvalue weighted by molar-refractivity contribution is 0.590. The minimum Gasteiger partial charge on any atom is -0.310 e. The van der Waals surface area contributed by atoms with E-state index in [4.69, 9.17) is 0 Å². The van der Waals surface area contributed by atoms with Crippen LogP contribution in [0.3, 0.4) is 0 Å². The summed E-state index contributed by atoms with van der Waals surface area (Å²) >= 11 is 0. The molecule has 96 heavy (non-hydrogen) atoms. The van der Waals surface area contributed by atoms with Crippen LogP contribution in [0.25, 0.3) is 72.0 Å². The summed E-state index contributed by atoms with van der Waals surface area (Å²) in [5.74, 6) is 0.0156. The van der Waals surface area contributed by atoms with E-state index in [0.29, 0.717) is 0 Å². The molecule has 0 atom stereocenters. The van der Waals surface area contributed by atoms with Crippen molar-refractivity contribution in [1.29, 1.82) is 0 Å². The first-order chi connectivity index (χ1) is 46.5. The van der Waals surface area contributed by atoms with Crippen LogP contribution < -0.4 is 26.2 Å². The number of hydrogen-bond acceptors (Lipinski definition) is 2. The van der Waals surface area contributed by atoms with E-state index in [2.05, 4.69) is 368 Å². The molecule has 0 fully saturated rings. The fourth-order valence-corrected chi connectivity index (χ4v) is 16.1. The Morgan fingerprint density at radius 3 is 1.12 bits per heavy atom. The summed E-state index contributed by atoms with van der Waals surface area (Å²) in [6.45, 7) is 21.0. The molecule has 1 aliphatic carbocycles. The fourth-order valence-electron chi connectivity index (χ4n) is 16.1. The smallest absolute Gasteiger partial charge is 0.252 e. The van der Waals surface area contributed by atoms with Gasteiger partial charge in [0.2, 0.25) is 0 Å². The Morgan fingerprint density at radius 2 is 0.708 bits per heavy atom. The molecule has 0 N–H and O–H groups in total. The van der Waals surface area contributed by atoms with E-state index >= 15 is 0 Å². The van der Waals surface area contributed by atoms with Gasteiger partial charge in [0.1, 0.15) is 0 Å². The van der Waals surface area contributed by atoms with Crippen LogP contribution in [-0.4, -0.2) is 11.3 Å². The largest absolute Gasteiger partial charge is 0.310 e. The minimum absolute atomic E-state index is 0.0156. The predicted molar refractivity (Wildman–Crippen MR) is 409 cm³/mol. The van der Waals surface area contributed by atoms with Crippen molar-refractivity contribution >= 4 is 79.0 Å². The number of benzene rings is 13. The van der Waals surface area contributed by atoms with Gasteiger partial charge in [-0.05, 0) is 160 Å². The van der Waals surface area contributed by atoms with Crippen molar-refractivity contribution in [3.05, 3.63) is 336 Å². The monoisotopic (exact) mass is 1240 g/mol. The van der Waals surface area contributed by atoms with Crippen LogP contribution in [0.5, 0.6) is 0 Å². The van der Waals surface area contributed by atoms with Crippen molar-refractivity contribution < 1.29 is 0 Å². The number of rotatable bonds is 8. The molecule has 0 unspecified atom stereocenters. The second kappa shape index (κ2) is 22.5. The molecule has 0 bridgehead atoms. The summed E-state index contributed by atoms with van der Waals surface area (Å²) in [5, 5.41) is 2.55. The summed E-state index contributed by atoms with van der Waals surface area (Å²) in [6.07, 6.45) is 0.914. The topological polar surface area (TPSA) is 11.4 Å². The van der Waals surface area contributed by atoms with Gasteiger partial charge in [-0.15, -0.1) is 0 Å². The third-order valence-electron chi connectivity index (χ3n) is 21.0. The van der Waals surface area contributed by atoms with Crippen molar-refractivity contribution in [3.63, 3.8) is 0 Å². The Bertz CT molecular complexity index is 5160. The third kappa shape index (κ3) is 9.70. The lowest BCUT2D eigenvalue weighted by Crippen LogP contribution is -2.61. The van der Waals surface area contributed by atoms with Crippen LogP contribution in [0.15, 0.2) is 291 Å². The van der Waals surface area contributed by atoms with Crippen molar-refractivity contribution in [2.75, 3.05) is 9.80 Å². The van der Waals surface area contributed by atoms with Crippen LogP contribution >= 0.6 is 0 Å². The highest BCUT2D eigenvalue weighted by molar-refractivity contribution is 7.00. The summed E-state index contributed by atoms with van der Waals surface area (Å²) in [5.41, 5.74) is 34.0. The van der Waals surface area contributed by atoms with E-state index in [1.54, 1.807) is 0 Å². The summed E-state index contributed by atoms with van der Waals surface area (Å²) in [4.78, 5) is 5.44. The van der Waals surface area contributed by atoms with Gasteiger partial charge in [-0.3, -0.25) is 0 Å².